The molecule has 0 rings (SSSR count). The molecule has 0 atom stereocenters. The normalized spacial score (nSPS) is 13.3. The predicted octanol–water partition coefficient (Wildman–Crippen LogP) is 0.802. The molecule has 0 saturated heterocycles. The Hall–Kier alpha value is -0.573. The van der Waals surface area contributed by atoms with E-state index in [0.717, 1.165) is 5.57 Å². The molecule has 0 aliphatic carbocycles. The summed E-state index contributed by atoms with van der Waals surface area (Å²) in [7, 11) is 0.469. The fraction of sp³-hybridized carbons (Fsp3) is 0.625. The molecule has 11 heavy (non-hydrogen) atoms. The van der Waals surface area contributed by atoms with Crippen LogP contribution in [0.4, 0.5) is 0 Å². The zero-order valence-electron chi connectivity index (χ0n) is 7.89. The highest BCUT2D eigenvalue weighted by molar-refractivity contribution is 6.09. The SMILES string of the molecule is CC=C(C(=O)O[SiH3])C(C)(C)C. The summed E-state index contributed by atoms with van der Waals surface area (Å²) in [4.78, 5) is 11.1. The first-order chi connectivity index (χ1) is 4.93. The van der Waals surface area contributed by atoms with E-state index in [4.69, 9.17) is 4.43 Å². The lowest BCUT2D eigenvalue weighted by Crippen LogP contribution is -2.19. The van der Waals surface area contributed by atoms with Gasteiger partial charge in [0, 0.05) is 5.57 Å². The zero-order valence-corrected chi connectivity index (χ0v) is 9.89. The summed E-state index contributed by atoms with van der Waals surface area (Å²) in [6, 6.07) is 0. The maximum atomic E-state index is 11.1. The quantitative estimate of drug-likeness (QED) is 0.432. The van der Waals surface area contributed by atoms with E-state index in [0.29, 0.717) is 10.5 Å². The Morgan fingerprint density at radius 3 is 2.00 bits per heavy atom. The number of allylic oxidation sites excluding steroid dienone is 1. The average molecular weight is 172 g/mol. The lowest BCUT2D eigenvalue weighted by atomic mass is 9.86. The van der Waals surface area contributed by atoms with Crippen LogP contribution in [0.2, 0.25) is 0 Å². The molecule has 64 valence electrons. The molecule has 0 aliphatic heterocycles. The van der Waals surface area contributed by atoms with Gasteiger partial charge in [0.2, 0.25) is 10.5 Å². The lowest BCUT2D eigenvalue weighted by Gasteiger charge is -2.20. The fourth-order valence-corrected chi connectivity index (χ4v) is 1.19. The van der Waals surface area contributed by atoms with Gasteiger partial charge in [-0.05, 0) is 12.3 Å². The Morgan fingerprint density at radius 1 is 1.45 bits per heavy atom. The van der Waals surface area contributed by atoms with Crippen LogP contribution in [0.1, 0.15) is 27.7 Å². The van der Waals surface area contributed by atoms with Crippen molar-refractivity contribution in [2.75, 3.05) is 0 Å². The van der Waals surface area contributed by atoms with Crippen LogP contribution in [0, 0.1) is 5.41 Å². The molecule has 3 heteroatoms. The Bertz CT molecular complexity index is 177. The third-order valence-corrected chi connectivity index (χ3v) is 1.87. The van der Waals surface area contributed by atoms with E-state index in [1.165, 1.54) is 0 Å². The maximum absolute atomic E-state index is 11.1. The second kappa shape index (κ2) is 3.71. The Balaban J connectivity index is 4.58. The minimum Gasteiger partial charge on any atom is -0.525 e. The maximum Gasteiger partial charge on any atom is 0.320 e. The molecular formula is C8H16O2Si. The number of hydrogen-bond acceptors (Lipinski definition) is 2. The van der Waals surface area contributed by atoms with Crippen molar-refractivity contribution in [3.05, 3.63) is 11.6 Å². The Labute approximate surface area is 71.2 Å². The van der Waals surface area contributed by atoms with Crippen LogP contribution in [-0.4, -0.2) is 16.5 Å². The highest BCUT2D eigenvalue weighted by atomic mass is 28.2. The molecule has 0 unspecified atom stereocenters. The summed E-state index contributed by atoms with van der Waals surface area (Å²) in [6.45, 7) is 7.86. The minimum atomic E-state index is -0.174. The van der Waals surface area contributed by atoms with Crippen LogP contribution < -0.4 is 0 Å². The molecule has 2 nitrogen and oxygen atoms in total. The van der Waals surface area contributed by atoms with Gasteiger partial charge in [-0.3, -0.25) is 0 Å². The number of hydrogen-bond donors (Lipinski definition) is 0. The van der Waals surface area contributed by atoms with Crippen molar-refractivity contribution in [3.63, 3.8) is 0 Å². The highest BCUT2D eigenvalue weighted by Gasteiger charge is 2.22. The Kier molecular flexibility index (Phi) is 3.52. The smallest absolute Gasteiger partial charge is 0.320 e. The monoisotopic (exact) mass is 172 g/mol. The molecule has 0 aromatic carbocycles. The van der Waals surface area contributed by atoms with Crippen LogP contribution in [0.5, 0.6) is 0 Å². The van der Waals surface area contributed by atoms with Gasteiger partial charge in [0.25, 0.3) is 0 Å². The van der Waals surface area contributed by atoms with Crippen molar-refractivity contribution in [3.8, 4) is 0 Å². The third-order valence-electron chi connectivity index (χ3n) is 1.50. The molecule has 0 fully saturated rings. The molecule has 0 aromatic heterocycles. The largest absolute Gasteiger partial charge is 0.525 e. The summed E-state index contributed by atoms with van der Waals surface area (Å²) in [5.41, 5.74) is 0.656. The van der Waals surface area contributed by atoms with E-state index in [1.54, 1.807) is 0 Å². The van der Waals surface area contributed by atoms with Gasteiger partial charge in [0.05, 0.1) is 0 Å². The molecule has 0 amide bonds. The van der Waals surface area contributed by atoms with E-state index < -0.39 is 0 Å². The van der Waals surface area contributed by atoms with Crippen LogP contribution >= 0.6 is 0 Å². The van der Waals surface area contributed by atoms with Crippen LogP contribution in [0.15, 0.2) is 11.6 Å². The molecule has 0 spiro atoms. The average Bonchev–Trinajstić information content (AvgIpc) is 1.86. The summed E-state index contributed by atoms with van der Waals surface area (Å²) in [5, 5.41) is 0. The standard InChI is InChI=1S/C8H16O2Si/c1-5-6(7(9)10-11)8(2,3)4/h5H,1-4,11H3. The predicted molar refractivity (Wildman–Crippen MR) is 49.2 cm³/mol. The zero-order chi connectivity index (χ0) is 9.07. The summed E-state index contributed by atoms with van der Waals surface area (Å²) in [6.07, 6.45) is 1.82. The summed E-state index contributed by atoms with van der Waals surface area (Å²) < 4.78 is 4.76. The molecule has 0 aromatic rings. The van der Waals surface area contributed by atoms with Gasteiger partial charge in [-0.15, -0.1) is 0 Å². The molecule has 0 heterocycles. The highest BCUT2D eigenvalue weighted by Crippen LogP contribution is 2.25. The first-order valence-electron chi connectivity index (χ1n) is 3.68. The Morgan fingerprint density at radius 2 is 1.91 bits per heavy atom. The topological polar surface area (TPSA) is 26.3 Å². The minimum absolute atomic E-state index is 0.101. The van der Waals surface area contributed by atoms with Gasteiger partial charge in [0.1, 0.15) is 0 Å². The van der Waals surface area contributed by atoms with Gasteiger partial charge in [-0.25, -0.2) is 4.79 Å². The fourth-order valence-electron chi connectivity index (χ4n) is 0.967. The molecule has 0 aliphatic rings. The van der Waals surface area contributed by atoms with Crippen molar-refractivity contribution in [1.29, 1.82) is 0 Å². The lowest BCUT2D eigenvalue weighted by molar-refractivity contribution is -0.130. The van der Waals surface area contributed by atoms with Crippen molar-refractivity contribution in [2.45, 2.75) is 27.7 Å². The van der Waals surface area contributed by atoms with Gasteiger partial charge in [-0.1, -0.05) is 26.8 Å². The van der Waals surface area contributed by atoms with Crippen molar-refractivity contribution < 1.29 is 9.22 Å². The van der Waals surface area contributed by atoms with Crippen molar-refractivity contribution >= 4 is 16.5 Å². The summed E-state index contributed by atoms with van der Waals surface area (Å²) in [5.74, 6) is -0.174. The molecule has 0 radical (unpaired) electrons. The third kappa shape index (κ3) is 2.88. The number of carbonyl (C=O) groups is 1. The number of carbonyl (C=O) groups excluding carboxylic acids is 1. The second-order valence-corrected chi connectivity index (χ2v) is 3.85. The molecular weight excluding hydrogens is 156 g/mol. The van der Waals surface area contributed by atoms with Crippen LogP contribution in [-0.2, 0) is 9.22 Å². The van der Waals surface area contributed by atoms with Crippen molar-refractivity contribution in [2.24, 2.45) is 5.41 Å². The van der Waals surface area contributed by atoms with E-state index in [9.17, 15) is 4.79 Å². The van der Waals surface area contributed by atoms with E-state index in [-0.39, 0.29) is 11.4 Å². The first kappa shape index (κ1) is 10.4. The van der Waals surface area contributed by atoms with Crippen LogP contribution in [0.3, 0.4) is 0 Å². The summed E-state index contributed by atoms with van der Waals surface area (Å²) >= 11 is 0. The van der Waals surface area contributed by atoms with E-state index in [2.05, 4.69) is 0 Å². The molecule has 0 N–H and O–H groups in total. The van der Waals surface area contributed by atoms with E-state index in [1.807, 2.05) is 33.8 Å². The second-order valence-electron chi connectivity index (χ2n) is 3.44. The van der Waals surface area contributed by atoms with Crippen molar-refractivity contribution in [1.82, 2.24) is 0 Å². The van der Waals surface area contributed by atoms with Gasteiger partial charge in [-0.2, -0.15) is 0 Å². The van der Waals surface area contributed by atoms with Gasteiger partial charge < -0.3 is 4.43 Å². The molecule has 0 saturated carbocycles. The van der Waals surface area contributed by atoms with E-state index >= 15 is 0 Å². The van der Waals surface area contributed by atoms with Gasteiger partial charge in [0.15, 0.2) is 0 Å². The number of rotatable bonds is 1. The molecule has 0 bridgehead atoms. The first-order valence-corrected chi connectivity index (χ1v) is 4.50. The van der Waals surface area contributed by atoms with Gasteiger partial charge >= 0.3 is 5.97 Å². The van der Waals surface area contributed by atoms with Crippen LogP contribution in [0.25, 0.3) is 0 Å².